The van der Waals surface area contributed by atoms with Crippen LogP contribution in [0.15, 0.2) is 33.7 Å². The Labute approximate surface area is 129 Å². The van der Waals surface area contributed by atoms with Crippen molar-refractivity contribution >= 4 is 27.6 Å². The highest BCUT2D eigenvalue weighted by atomic mass is 79.9. The summed E-state index contributed by atoms with van der Waals surface area (Å²) < 4.78 is 1.09. The molecule has 1 aromatic rings. The van der Waals surface area contributed by atoms with E-state index in [1.165, 1.54) is 19.3 Å². The standard InChI is InChI=1S/C16H22BrN3/c1-11-7-8-12(2)16(9-11)10-19-15(18)20(16)14-6-4-3-5-13(14)17/h3-6,11-12H,7-10H2,1-2H3,(H2,18,19). The van der Waals surface area contributed by atoms with Gasteiger partial charge >= 0.3 is 0 Å². The third kappa shape index (κ3) is 2.05. The third-order valence-corrected chi connectivity index (χ3v) is 5.66. The summed E-state index contributed by atoms with van der Waals surface area (Å²) >= 11 is 3.67. The molecule has 0 bridgehead atoms. The molecule has 1 spiro atoms. The van der Waals surface area contributed by atoms with Gasteiger partial charge in [-0.2, -0.15) is 0 Å². The largest absolute Gasteiger partial charge is 0.369 e. The zero-order chi connectivity index (χ0) is 14.3. The first kappa shape index (κ1) is 13.9. The van der Waals surface area contributed by atoms with Gasteiger partial charge in [0.15, 0.2) is 5.96 Å². The Balaban J connectivity index is 2.06. The van der Waals surface area contributed by atoms with Crippen LogP contribution in [0, 0.1) is 11.8 Å². The summed E-state index contributed by atoms with van der Waals surface area (Å²) in [5.41, 5.74) is 7.45. The van der Waals surface area contributed by atoms with Crippen molar-refractivity contribution < 1.29 is 0 Å². The van der Waals surface area contributed by atoms with Crippen LogP contribution in [-0.2, 0) is 0 Å². The van der Waals surface area contributed by atoms with Crippen molar-refractivity contribution in [1.82, 2.24) is 0 Å². The second-order valence-electron chi connectivity index (χ2n) is 6.35. The van der Waals surface area contributed by atoms with Gasteiger partial charge in [0.05, 0.1) is 17.8 Å². The molecule has 1 aliphatic heterocycles. The highest BCUT2D eigenvalue weighted by Crippen LogP contribution is 2.46. The molecule has 3 unspecified atom stereocenters. The fraction of sp³-hybridized carbons (Fsp3) is 0.562. The summed E-state index contributed by atoms with van der Waals surface area (Å²) in [6.07, 6.45) is 3.73. The number of hydrogen-bond acceptors (Lipinski definition) is 3. The van der Waals surface area contributed by atoms with Crippen LogP contribution in [0.2, 0.25) is 0 Å². The molecule has 0 saturated heterocycles. The molecule has 1 heterocycles. The topological polar surface area (TPSA) is 41.6 Å². The molecule has 2 N–H and O–H groups in total. The minimum Gasteiger partial charge on any atom is -0.369 e. The maximum absolute atomic E-state index is 6.25. The van der Waals surface area contributed by atoms with Gasteiger partial charge in [-0.3, -0.25) is 4.99 Å². The van der Waals surface area contributed by atoms with E-state index in [0.717, 1.165) is 22.6 Å². The molecule has 1 aliphatic carbocycles. The Morgan fingerprint density at radius 2 is 2.05 bits per heavy atom. The molecular weight excluding hydrogens is 314 g/mol. The van der Waals surface area contributed by atoms with Gasteiger partial charge in [-0.1, -0.05) is 32.4 Å². The first-order chi connectivity index (χ1) is 9.54. The van der Waals surface area contributed by atoms with Gasteiger partial charge in [0.25, 0.3) is 0 Å². The van der Waals surface area contributed by atoms with Gasteiger partial charge in [-0.05, 0) is 52.7 Å². The number of guanidine groups is 1. The second-order valence-corrected chi connectivity index (χ2v) is 7.21. The van der Waals surface area contributed by atoms with E-state index >= 15 is 0 Å². The average Bonchev–Trinajstić information content (AvgIpc) is 2.73. The van der Waals surface area contributed by atoms with Crippen LogP contribution in [0.5, 0.6) is 0 Å². The van der Waals surface area contributed by atoms with Gasteiger partial charge in [-0.15, -0.1) is 0 Å². The van der Waals surface area contributed by atoms with Crippen LogP contribution in [0.4, 0.5) is 5.69 Å². The summed E-state index contributed by atoms with van der Waals surface area (Å²) in [5, 5.41) is 0. The number of nitrogens with two attached hydrogens (primary N) is 1. The number of halogens is 1. The van der Waals surface area contributed by atoms with E-state index in [9.17, 15) is 0 Å². The molecular formula is C16H22BrN3. The maximum Gasteiger partial charge on any atom is 0.196 e. The van der Waals surface area contributed by atoms with Gasteiger partial charge in [0.2, 0.25) is 0 Å². The average molecular weight is 336 g/mol. The summed E-state index contributed by atoms with van der Waals surface area (Å²) in [6, 6.07) is 8.31. The van der Waals surface area contributed by atoms with Crippen molar-refractivity contribution in [2.75, 3.05) is 11.4 Å². The van der Waals surface area contributed by atoms with Crippen LogP contribution in [-0.4, -0.2) is 18.0 Å². The van der Waals surface area contributed by atoms with Crippen molar-refractivity contribution in [3.05, 3.63) is 28.7 Å². The molecule has 0 radical (unpaired) electrons. The summed E-state index contributed by atoms with van der Waals surface area (Å²) in [4.78, 5) is 6.89. The van der Waals surface area contributed by atoms with E-state index in [-0.39, 0.29) is 5.54 Å². The number of nitrogens with zero attached hydrogens (tertiary/aromatic N) is 2. The number of benzene rings is 1. The normalized spacial score (nSPS) is 33.5. The molecule has 2 aliphatic rings. The Bertz CT molecular complexity index is 542. The zero-order valence-corrected chi connectivity index (χ0v) is 13.7. The van der Waals surface area contributed by atoms with Gasteiger partial charge in [0.1, 0.15) is 0 Å². The van der Waals surface area contributed by atoms with Crippen LogP contribution < -0.4 is 10.6 Å². The van der Waals surface area contributed by atoms with Crippen LogP contribution >= 0.6 is 15.9 Å². The molecule has 3 atom stereocenters. The number of rotatable bonds is 1. The first-order valence-corrected chi connectivity index (χ1v) is 8.18. The van der Waals surface area contributed by atoms with E-state index in [2.05, 4.69) is 57.9 Å². The third-order valence-electron chi connectivity index (χ3n) is 4.99. The van der Waals surface area contributed by atoms with Crippen LogP contribution in [0.25, 0.3) is 0 Å². The van der Waals surface area contributed by atoms with Crippen molar-refractivity contribution in [2.45, 2.75) is 38.6 Å². The first-order valence-electron chi connectivity index (χ1n) is 7.39. The Morgan fingerprint density at radius 3 is 2.80 bits per heavy atom. The van der Waals surface area contributed by atoms with Crippen molar-refractivity contribution in [2.24, 2.45) is 22.6 Å². The number of hydrogen-bond donors (Lipinski definition) is 1. The molecule has 0 amide bonds. The summed E-state index contributed by atoms with van der Waals surface area (Å²) in [5.74, 6) is 2.01. The van der Waals surface area contributed by atoms with Crippen molar-refractivity contribution in [3.63, 3.8) is 0 Å². The Morgan fingerprint density at radius 1 is 1.30 bits per heavy atom. The second kappa shape index (κ2) is 5.06. The fourth-order valence-electron chi connectivity index (χ4n) is 3.83. The molecule has 108 valence electrons. The lowest BCUT2D eigenvalue weighted by atomic mass is 9.69. The maximum atomic E-state index is 6.25. The molecule has 0 aromatic heterocycles. The molecule has 1 aromatic carbocycles. The highest BCUT2D eigenvalue weighted by molar-refractivity contribution is 9.10. The van der Waals surface area contributed by atoms with Crippen LogP contribution in [0.1, 0.15) is 33.1 Å². The highest BCUT2D eigenvalue weighted by Gasteiger charge is 2.50. The lowest BCUT2D eigenvalue weighted by Crippen LogP contribution is -2.58. The van der Waals surface area contributed by atoms with E-state index in [4.69, 9.17) is 5.73 Å². The predicted molar refractivity (Wildman–Crippen MR) is 88.0 cm³/mol. The van der Waals surface area contributed by atoms with Gasteiger partial charge in [-0.25, -0.2) is 0 Å². The lowest BCUT2D eigenvalue weighted by Gasteiger charge is -2.48. The monoisotopic (exact) mass is 335 g/mol. The van der Waals surface area contributed by atoms with Crippen molar-refractivity contribution in [3.8, 4) is 0 Å². The minimum atomic E-state index is 0.0611. The van der Waals surface area contributed by atoms with E-state index in [1.807, 2.05) is 6.07 Å². The van der Waals surface area contributed by atoms with E-state index in [0.29, 0.717) is 11.9 Å². The molecule has 4 heteroatoms. The molecule has 20 heavy (non-hydrogen) atoms. The zero-order valence-electron chi connectivity index (χ0n) is 12.1. The van der Waals surface area contributed by atoms with E-state index in [1.54, 1.807) is 0 Å². The lowest BCUT2D eigenvalue weighted by molar-refractivity contribution is 0.178. The fourth-order valence-corrected chi connectivity index (χ4v) is 4.29. The summed E-state index contributed by atoms with van der Waals surface area (Å²) in [6.45, 7) is 5.52. The number of anilines is 1. The Kier molecular flexibility index (Phi) is 3.53. The van der Waals surface area contributed by atoms with Gasteiger partial charge < -0.3 is 10.6 Å². The molecule has 3 rings (SSSR count). The number of aliphatic imine (C=N–C) groups is 1. The van der Waals surface area contributed by atoms with Crippen LogP contribution in [0.3, 0.4) is 0 Å². The van der Waals surface area contributed by atoms with Crippen molar-refractivity contribution in [1.29, 1.82) is 0 Å². The Hall–Kier alpha value is -1.03. The summed E-state index contributed by atoms with van der Waals surface area (Å²) in [7, 11) is 0. The predicted octanol–water partition coefficient (Wildman–Crippen LogP) is 3.78. The number of para-hydroxylation sites is 1. The smallest absolute Gasteiger partial charge is 0.196 e. The SMILES string of the molecule is CC1CCC(C)C2(CN=C(N)N2c2ccccc2Br)C1. The molecule has 3 nitrogen and oxygen atoms in total. The van der Waals surface area contributed by atoms with Gasteiger partial charge in [0, 0.05) is 4.47 Å². The molecule has 1 saturated carbocycles. The quantitative estimate of drug-likeness (QED) is 0.848. The van der Waals surface area contributed by atoms with E-state index < -0.39 is 0 Å². The molecule has 1 fully saturated rings. The minimum absolute atomic E-state index is 0.0611.